The number of carbonyl (C=O) groups excluding carboxylic acids is 2. The summed E-state index contributed by atoms with van der Waals surface area (Å²) in [5.74, 6) is 1.13. The summed E-state index contributed by atoms with van der Waals surface area (Å²) >= 11 is 0. The molecule has 2 heterocycles. The first-order valence-corrected chi connectivity index (χ1v) is 11.0. The molecular weight excluding hydrogens is 368 g/mol. The van der Waals surface area contributed by atoms with Gasteiger partial charge in [-0.3, -0.25) is 9.59 Å². The van der Waals surface area contributed by atoms with Crippen molar-refractivity contribution in [2.75, 3.05) is 40.0 Å². The van der Waals surface area contributed by atoms with Crippen LogP contribution in [-0.2, 0) is 20.7 Å². The number of ether oxygens (including phenoxy) is 2. The first-order valence-electron chi connectivity index (χ1n) is 11.0. The van der Waals surface area contributed by atoms with Crippen molar-refractivity contribution in [1.82, 2.24) is 9.80 Å². The van der Waals surface area contributed by atoms with Crippen LogP contribution in [0.25, 0.3) is 0 Å². The van der Waals surface area contributed by atoms with E-state index in [0.29, 0.717) is 51.6 Å². The second-order valence-electron chi connectivity index (χ2n) is 8.00. The standard InChI is InChI=1S/C23H34N2O4/c1-28-16-12-22(26)24-13-5-9-23(27)25-14-3-2-7-20(25)11-10-19-6-4-8-21(18-19)29-17-15-24/h4,6,8,18,20H,2-3,5,7,9-17H2,1H3. The Balaban J connectivity index is 1.72. The number of hydrogen-bond donors (Lipinski definition) is 0. The van der Waals surface area contributed by atoms with Crippen molar-refractivity contribution in [1.29, 1.82) is 0 Å². The molecule has 3 rings (SSSR count). The molecule has 6 nitrogen and oxygen atoms in total. The summed E-state index contributed by atoms with van der Waals surface area (Å²) in [6.45, 7) is 2.82. The van der Waals surface area contributed by atoms with Gasteiger partial charge in [-0.2, -0.15) is 0 Å². The van der Waals surface area contributed by atoms with E-state index in [-0.39, 0.29) is 11.8 Å². The van der Waals surface area contributed by atoms with Crippen LogP contribution in [0.4, 0.5) is 0 Å². The van der Waals surface area contributed by atoms with Crippen LogP contribution in [0.5, 0.6) is 5.75 Å². The van der Waals surface area contributed by atoms with Crippen LogP contribution < -0.4 is 4.74 Å². The lowest BCUT2D eigenvalue weighted by Crippen LogP contribution is -2.44. The maximum absolute atomic E-state index is 12.9. The third kappa shape index (κ3) is 6.46. The molecule has 1 aromatic carbocycles. The fourth-order valence-electron chi connectivity index (χ4n) is 4.30. The van der Waals surface area contributed by atoms with Crippen LogP contribution in [0.2, 0.25) is 0 Å². The topological polar surface area (TPSA) is 59.1 Å². The Bertz CT molecular complexity index is 679. The monoisotopic (exact) mass is 402 g/mol. The number of amides is 2. The lowest BCUT2D eigenvalue weighted by molar-refractivity contribution is -0.136. The van der Waals surface area contributed by atoms with Crippen LogP contribution in [0.3, 0.4) is 0 Å². The second kappa shape index (κ2) is 11.2. The summed E-state index contributed by atoms with van der Waals surface area (Å²) in [5, 5.41) is 0. The van der Waals surface area contributed by atoms with Crippen molar-refractivity contribution >= 4 is 11.8 Å². The molecule has 1 fully saturated rings. The molecule has 1 atom stereocenters. The predicted molar refractivity (Wildman–Crippen MR) is 112 cm³/mol. The first-order chi connectivity index (χ1) is 14.2. The Labute approximate surface area is 174 Å². The minimum Gasteiger partial charge on any atom is -0.492 e. The number of fused-ring (bicyclic) bond motifs is 3. The summed E-state index contributed by atoms with van der Waals surface area (Å²) in [5.41, 5.74) is 1.24. The zero-order valence-electron chi connectivity index (χ0n) is 17.6. The van der Waals surface area contributed by atoms with Crippen LogP contribution >= 0.6 is 0 Å². The number of aryl methyl sites for hydroxylation is 1. The highest BCUT2D eigenvalue weighted by atomic mass is 16.5. The van der Waals surface area contributed by atoms with Crippen LogP contribution in [0.15, 0.2) is 24.3 Å². The van der Waals surface area contributed by atoms with E-state index in [1.807, 2.05) is 17.0 Å². The highest BCUT2D eigenvalue weighted by Gasteiger charge is 2.26. The number of methoxy groups -OCH3 is 1. The van der Waals surface area contributed by atoms with Gasteiger partial charge in [0, 0.05) is 32.7 Å². The van der Waals surface area contributed by atoms with Gasteiger partial charge in [-0.1, -0.05) is 12.1 Å². The van der Waals surface area contributed by atoms with E-state index in [1.54, 1.807) is 7.11 Å². The van der Waals surface area contributed by atoms with E-state index in [2.05, 4.69) is 17.0 Å². The van der Waals surface area contributed by atoms with Gasteiger partial charge < -0.3 is 19.3 Å². The normalized spacial score (nSPS) is 21.6. The van der Waals surface area contributed by atoms with Gasteiger partial charge in [0.2, 0.25) is 11.8 Å². The number of hydrogen-bond acceptors (Lipinski definition) is 4. The molecule has 1 aromatic rings. The third-order valence-corrected chi connectivity index (χ3v) is 5.93. The van der Waals surface area contributed by atoms with Gasteiger partial charge in [-0.15, -0.1) is 0 Å². The molecule has 0 saturated carbocycles. The van der Waals surface area contributed by atoms with Crippen molar-refractivity contribution < 1.29 is 19.1 Å². The predicted octanol–water partition coefficient (Wildman–Crippen LogP) is 3.04. The molecule has 2 aliphatic rings. The van der Waals surface area contributed by atoms with Crippen molar-refractivity contribution in [2.24, 2.45) is 0 Å². The second-order valence-corrected chi connectivity index (χ2v) is 8.00. The molecule has 29 heavy (non-hydrogen) atoms. The minimum absolute atomic E-state index is 0.0526. The smallest absolute Gasteiger partial charge is 0.225 e. The summed E-state index contributed by atoms with van der Waals surface area (Å²) in [6.07, 6.45) is 6.86. The minimum atomic E-state index is 0.0526. The lowest BCUT2D eigenvalue weighted by Gasteiger charge is -2.36. The fourth-order valence-corrected chi connectivity index (χ4v) is 4.30. The van der Waals surface area contributed by atoms with Gasteiger partial charge in [0.1, 0.15) is 12.4 Å². The van der Waals surface area contributed by atoms with Gasteiger partial charge in [-0.05, 0) is 56.2 Å². The highest BCUT2D eigenvalue weighted by Crippen LogP contribution is 2.24. The third-order valence-electron chi connectivity index (χ3n) is 5.93. The molecule has 0 N–H and O–H groups in total. The molecule has 0 spiro atoms. The SMILES string of the molecule is COCCC(=O)N1CCCC(=O)N2CCCCC2CCc2cccc(c2)OCC1. The maximum Gasteiger partial charge on any atom is 0.225 e. The van der Waals surface area contributed by atoms with Gasteiger partial charge in [0.25, 0.3) is 0 Å². The zero-order chi connectivity index (χ0) is 20.5. The summed E-state index contributed by atoms with van der Waals surface area (Å²) < 4.78 is 11.0. The van der Waals surface area contributed by atoms with Gasteiger partial charge in [-0.25, -0.2) is 0 Å². The van der Waals surface area contributed by atoms with E-state index < -0.39 is 0 Å². The van der Waals surface area contributed by atoms with Crippen molar-refractivity contribution in [3.8, 4) is 5.75 Å². The van der Waals surface area contributed by atoms with Gasteiger partial charge in [0.15, 0.2) is 0 Å². The molecule has 160 valence electrons. The molecule has 2 aliphatic heterocycles. The largest absolute Gasteiger partial charge is 0.492 e. The molecular formula is C23H34N2O4. The molecule has 0 radical (unpaired) electrons. The summed E-state index contributed by atoms with van der Waals surface area (Å²) in [6, 6.07) is 8.53. The summed E-state index contributed by atoms with van der Waals surface area (Å²) in [4.78, 5) is 29.3. The fraction of sp³-hybridized carbons (Fsp3) is 0.652. The molecule has 0 aromatic heterocycles. The van der Waals surface area contributed by atoms with Gasteiger partial charge >= 0.3 is 0 Å². The van der Waals surface area contributed by atoms with E-state index in [9.17, 15) is 9.59 Å². The van der Waals surface area contributed by atoms with Crippen molar-refractivity contribution in [3.63, 3.8) is 0 Å². The maximum atomic E-state index is 12.9. The van der Waals surface area contributed by atoms with E-state index in [0.717, 1.165) is 38.0 Å². The lowest BCUT2D eigenvalue weighted by atomic mass is 9.95. The van der Waals surface area contributed by atoms with Gasteiger partial charge in [0.05, 0.1) is 19.6 Å². The van der Waals surface area contributed by atoms with Crippen LogP contribution in [0.1, 0.15) is 50.5 Å². The molecule has 6 heteroatoms. The summed E-state index contributed by atoms with van der Waals surface area (Å²) in [7, 11) is 1.60. The van der Waals surface area contributed by atoms with Crippen molar-refractivity contribution in [2.45, 2.75) is 57.4 Å². The Morgan fingerprint density at radius 3 is 2.90 bits per heavy atom. The van der Waals surface area contributed by atoms with E-state index in [4.69, 9.17) is 9.47 Å². The average Bonchev–Trinajstić information content (AvgIpc) is 2.75. The average molecular weight is 403 g/mol. The van der Waals surface area contributed by atoms with E-state index in [1.165, 1.54) is 12.0 Å². The van der Waals surface area contributed by atoms with Crippen LogP contribution in [0, 0.1) is 0 Å². The van der Waals surface area contributed by atoms with E-state index >= 15 is 0 Å². The number of carbonyl (C=O) groups is 2. The molecule has 2 amide bonds. The number of piperidine rings is 1. The van der Waals surface area contributed by atoms with Crippen LogP contribution in [-0.4, -0.2) is 67.6 Å². The Kier molecular flexibility index (Phi) is 8.35. The first kappa shape index (κ1) is 21.6. The number of benzene rings is 1. The number of nitrogens with zero attached hydrogens (tertiary/aromatic N) is 2. The molecule has 1 unspecified atom stereocenters. The van der Waals surface area contributed by atoms with Crippen molar-refractivity contribution in [3.05, 3.63) is 29.8 Å². The molecule has 0 aliphatic carbocycles. The zero-order valence-corrected chi connectivity index (χ0v) is 17.6. The Hall–Kier alpha value is -2.08. The Morgan fingerprint density at radius 1 is 1.14 bits per heavy atom. The molecule has 1 saturated heterocycles. The molecule has 2 bridgehead atoms. The quantitative estimate of drug-likeness (QED) is 0.780. The Morgan fingerprint density at radius 2 is 2.03 bits per heavy atom. The highest BCUT2D eigenvalue weighted by molar-refractivity contribution is 5.77. The number of rotatable bonds is 3.